The number of nitrogens with one attached hydrogen (secondary N) is 1. The lowest BCUT2D eigenvalue weighted by atomic mass is 9.87. The molecule has 0 aliphatic carbocycles. The first-order chi connectivity index (χ1) is 12.9. The number of phenolic OH excluding ortho intramolecular Hbond substituents is 1. The third-order valence-corrected chi connectivity index (χ3v) is 8.29. The summed E-state index contributed by atoms with van der Waals surface area (Å²) < 4.78 is 27.2. The van der Waals surface area contributed by atoms with E-state index in [1.165, 1.54) is 48.5 Å². The van der Waals surface area contributed by atoms with Crippen LogP contribution in [0.4, 0.5) is 0 Å². The number of piperidine rings is 2. The van der Waals surface area contributed by atoms with Gasteiger partial charge < -0.3 is 10.4 Å². The van der Waals surface area contributed by atoms with E-state index >= 15 is 0 Å². The van der Waals surface area contributed by atoms with Crippen LogP contribution in [0.1, 0.15) is 44.9 Å². The molecule has 2 aliphatic heterocycles. The molecular formula is C19H28Cl2N2O3S. The fourth-order valence-electron chi connectivity index (χ4n) is 4.18. The fraction of sp³-hybridized carbons (Fsp3) is 0.684. The van der Waals surface area contributed by atoms with E-state index in [2.05, 4.69) is 5.32 Å². The van der Waals surface area contributed by atoms with Gasteiger partial charge in [-0.1, -0.05) is 42.5 Å². The number of rotatable bonds is 6. The highest BCUT2D eigenvalue weighted by atomic mass is 35.5. The molecule has 3 rings (SSSR count). The lowest BCUT2D eigenvalue weighted by molar-refractivity contribution is 0.250. The minimum atomic E-state index is -3.79. The Bertz CT molecular complexity index is 744. The van der Waals surface area contributed by atoms with Crippen LogP contribution in [0.15, 0.2) is 17.0 Å². The fourth-order valence-corrected chi connectivity index (χ4v) is 6.40. The largest absolute Gasteiger partial charge is 0.505 e. The van der Waals surface area contributed by atoms with Crippen molar-refractivity contribution in [1.29, 1.82) is 0 Å². The average molecular weight is 435 g/mol. The van der Waals surface area contributed by atoms with Gasteiger partial charge in [0, 0.05) is 18.1 Å². The molecule has 2 N–H and O–H groups in total. The molecule has 2 fully saturated rings. The SMILES string of the molecule is O=S(=O)(c1cc(Cl)cc(Cl)c1O)N1CCC(CCCC2CCNCC2)CC1. The highest BCUT2D eigenvalue weighted by molar-refractivity contribution is 7.89. The van der Waals surface area contributed by atoms with Crippen molar-refractivity contribution >= 4 is 33.2 Å². The number of benzene rings is 1. The van der Waals surface area contributed by atoms with Crippen molar-refractivity contribution in [2.24, 2.45) is 11.8 Å². The van der Waals surface area contributed by atoms with Gasteiger partial charge in [-0.3, -0.25) is 0 Å². The second-order valence-corrected chi connectivity index (χ2v) is 10.5. The van der Waals surface area contributed by atoms with Gasteiger partial charge in [0.2, 0.25) is 10.0 Å². The zero-order chi connectivity index (χ0) is 19.4. The second-order valence-electron chi connectivity index (χ2n) is 7.71. The van der Waals surface area contributed by atoms with E-state index in [4.69, 9.17) is 23.2 Å². The zero-order valence-corrected chi connectivity index (χ0v) is 17.8. The molecule has 2 saturated heterocycles. The number of phenols is 1. The highest BCUT2D eigenvalue weighted by Crippen LogP contribution is 2.37. The van der Waals surface area contributed by atoms with Crippen molar-refractivity contribution in [3.8, 4) is 5.75 Å². The molecule has 8 heteroatoms. The Morgan fingerprint density at radius 1 is 1.04 bits per heavy atom. The Morgan fingerprint density at radius 3 is 2.26 bits per heavy atom. The summed E-state index contributed by atoms with van der Waals surface area (Å²) in [5.74, 6) is 1.00. The number of nitrogens with zero attached hydrogens (tertiary/aromatic N) is 1. The van der Waals surface area contributed by atoms with E-state index in [9.17, 15) is 13.5 Å². The van der Waals surface area contributed by atoms with Gasteiger partial charge in [-0.05, 0) is 62.7 Å². The number of hydrogen-bond acceptors (Lipinski definition) is 4. The number of hydrogen-bond donors (Lipinski definition) is 2. The summed E-state index contributed by atoms with van der Waals surface area (Å²) in [6, 6.07) is 2.61. The molecule has 0 amide bonds. The molecule has 1 aromatic carbocycles. The number of sulfonamides is 1. The van der Waals surface area contributed by atoms with Crippen LogP contribution in [0, 0.1) is 11.8 Å². The van der Waals surface area contributed by atoms with Crippen molar-refractivity contribution in [1.82, 2.24) is 9.62 Å². The van der Waals surface area contributed by atoms with Crippen LogP contribution in [0.25, 0.3) is 0 Å². The Balaban J connectivity index is 1.52. The summed E-state index contributed by atoms with van der Waals surface area (Å²) in [6.45, 7) is 3.23. The smallest absolute Gasteiger partial charge is 0.246 e. The van der Waals surface area contributed by atoms with Crippen molar-refractivity contribution < 1.29 is 13.5 Å². The summed E-state index contributed by atoms with van der Waals surface area (Å²) >= 11 is 11.8. The molecule has 5 nitrogen and oxygen atoms in total. The molecule has 0 unspecified atom stereocenters. The standard InChI is InChI=1S/C19H28Cl2N2O3S/c20-16-12-17(21)19(24)18(13-16)27(25,26)23-10-6-15(7-11-23)3-1-2-14-4-8-22-9-5-14/h12-15,22,24H,1-11H2. The van der Waals surface area contributed by atoms with E-state index in [0.717, 1.165) is 31.8 Å². The van der Waals surface area contributed by atoms with Crippen LogP contribution >= 0.6 is 23.2 Å². The molecule has 0 saturated carbocycles. The normalized spacial score (nSPS) is 20.8. The molecule has 1 aromatic rings. The van der Waals surface area contributed by atoms with Gasteiger partial charge in [-0.15, -0.1) is 0 Å². The van der Waals surface area contributed by atoms with Crippen LogP contribution in [-0.4, -0.2) is 44.0 Å². The van der Waals surface area contributed by atoms with Crippen molar-refractivity contribution in [2.45, 2.75) is 49.8 Å². The van der Waals surface area contributed by atoms with Gasteiger partial charge >= 0.3 is 0 Å². The monoisotopic (exact) mass is 434 g/mol. The van der Waals surface area contributed by atoms with Gasteiger partial charge in [0.15, 0.2) is 5.75 Å². The van der Waals surface area contributed by atoms with E-state index < -0.39 is 15.8 Å². The van der Waals surface area contributed by atoms with Gasteiger partial charge in [0.05, 0.1) is 5.02 Å². The molecule has 152 valence electrons. The zero-order valence-electron chi connectivity index (χ0n) is 15.5. The summed E-state index contributed by atoms with van der Waals surface area (Å²) in [6.07, 6.45) is 7.97. The van der Waals surface area contributed by atoms with Crippen LogP contribution in [0.5, 0.6) is 5.75 Å². The van der Waals surface area contributed by atoms with Crippen LogP contribution < -0.4 is 5.32 Å². The minimum Gasteiger partial charge on any atom is -0.505 e. The highest BCUT2D eigenvalue weighted by Gasteiger charge is 2.32. The Hall–Kier alpha value is -0.530. The molecule has 0 spiro atoms. The summed E-state index contributed by atoms with van der Waals surface area (Å²) in [5.41, 5.74) is 0. The van der Waals surface area contributed by atoms with Gasteiger partial charge in [-0.25, -0.2) is 8.42 Å². The average Bonchev–Trinajstić information content (AvgIpc) is 2.66. The molecule has 27 heavy (non-hydrogen) atoms. The number of halogens is 2. The van der Waals surface area contributed by atoms with Gasteiger partial charge in [0.25, 0.3) is 0 Å². The van der Waals surface area contributed by atoms with Crippen LogP contribution in [0.3, 0.4) is 0 Å². The summed E-state index contributed by atoms with van der Waals surface area (Å²) in [4.78, 5) is -0.204. The van der Waals surface area contributed by atoms with E-state index in [0.29, 0.717) is 19.0 Å². The Kier molecular flexibility index (Phi) is 7.31. The first kappa shape index (κ1) is 21.2. The molecule has 0 aromatic heterocycles. The Labute approximate surface area is 172 Å². The third-order valence-electron chi connectivity index (χ3n) is 5.87. The maximum Gasteiger partial charge on any atom is 0.246 e. The first-order valence-corrected chi connectivity index (χ1v) is 12.0. The molecule has 2 heterocycles. The van der Waals surface area contributed by atoms with E-state index in [1.807, 2.05) is 0 Å². The topological polar surface area (TPSA) is 69.6 Å². The maximum atomic E-state index is 12.9. The van der Waals surface area contributed by atoms with Gasteiger partial charge in [-0.2, -0.15) is 4.31 Å². The molecule has 0 bridgehead atoms. The summed E-state index contributed by atoms with van der Waals surface area (Å²) in [5, 5.41) is 13.6. The lowest BCUT2D eigenvalue weighted by Gasteiger charge is -2.32. The second kappa shape index (κ2) is 9.31. The molecule has 0 atom stereocenters. The summed E-state index contributed by atoms with van der Waals surface area (Å²) in [7, 11) is -3.79. The molecule has 0 radical (unpaired) electrons. The van der Waals surface area contributed by atoms with Crippen LogP contribution in [-0.2, 0) is 10.0 Å². The van der Waals surface area contributed by atoms with Crippen molar-refractivity contribution in [3.63, 3.8) is 0 Å². The first-order valence-electron chi connectivity index (χ1n) is 9.77. The number of aromatic hydroxyl groups is 1. The van der Waals surface area contributed by atoms with Crippen molar-refractivity contribution in [3.05, 3.63) is 22.2 Å². The third kappa shape index (κ3) is 5.30. The van der Waals surface area contributed by atoms with E-state index in [1.54, 1.807) is 0 Å². The lowest BCUT2D eigenvalue weighted by Crippen LogP contribution is -2.38. The minimum absolute atomic E-state index is 0.0473. The van der Waals surface area contributed by atoms with Crippen molar-refractivity contribution in [2.75, 3.05) is 26.2 Å². The molecular weight excluding hydrogens is 407 g/mol. The van der Waals surface area contributed by atoms with E-state index in [-0.39, 0.29) is 14.9 Å². The predicted octanol–water partition coefficient (Wildman–Crippen LogP) is 4.27. The van der Waals surface area contributed by atoms with Gasteiger partial charge in [0.1, 0.15) is 4.90 Å². The van der Waals surface area contributed by atoms with Crippen LogP contribution in [0.2, 0.25) is 10.0 Å². The Morgan fingerprint density at radius 2 is 1.63 bits per heavy atom. The quantitative estimate of drug-likeness (QED) is 0.700. The maximum absolute atomic E-state index is 12.9. The predicted molar refractivity (Wildman–Crippen MR) is 109 cm³/mol. The molecule has 2 aliphatic rings.